The zero-order valence-electron chi connectivity index (χ0n) is 14.2. The van der Waals surface area contributed by atoms with Gasteiger partial charge in [-0.15, -0.1) is 0 Å². The molecule has 0 radical (unpaired) electrons. The van der Waals surface area contributed by atoms with Gasteiger partial charge in [-0.2, -0.15) is 0 Å². The molecule has 1 N–H and O–H groups in total. The third kappa shape index (κ3) is 3.78. The summed E-state index contributed by atoms with van der Waals surface area (Å²) in [6.07, 6.45) is 3.71. The number of rotatable bonds is 5. The molecule has 0 saturated heterocycles. The van der Waals surface area contributed by atoms with Crippen LogP contribution in [0, 0.1) is 6.92 Å². The van der Waals surface area contributed by atoms with Crippen LogP contribution < -0.4 is 10.1 Å². The van der Waals surface area contributed by atoms with Gasteiger partial charge in [-0.3, -0.25) is 4.79 Å². The van der Waals surface area contributed by atoms with Gasteiger partial charge in [0, 0.05) is 12.4 Å². The molecule has 2 aromatic heterocycles. The Morgan fingerprint density at radius 3 is 2.88 bits per heavy atom. The molecule has 0 atom stereocenters. The number of aromatic nitrogens is 2. The van der Waals surface area contributed by atoms with E-state index in [0.29, 0.717) is 22.1 Å². The highest BCUT2D eigenvalue weighted by atomic mass is 35.5. The summed E-state index contributed by atoms with van der Waals surface area (Å²) in [7, 11) is 1.28. The van der Waals surface area contributed by atoms with Crippen molar-refractivity contribution in [2.75, 3.05) is 19.0 Å². The van der Waals surface area contributed by atoms with E-state index in [0.717, 1.165) is 5.69 Å². The molecule has 7 nitrogen and oxygen atoms in total. The van der Waals surface area contributed by atoms with Gasteiger partial charge < -0.3 is 19.2 Å². The number of fused-ring (bicyclic) bond motifs is 1. The maximum atomic E-state index is 12.2. The van der Waals surface area contributed by atoms with Crippen molar-refractivity contribution in [2.45, 2.75) is 6.92 Å². The first-order valence-corrected chi connectivity index (χ1v) is 8.10. The van der Waals surface area contributed by atoms with E-state index in [1.165, 1.54) is 25.3 Å². The van der Waals surface area contributed by atoms with Crippen molar-refractivity contribution in [1.82, 2.24) is 9.38 Å². The molecule has 0 unspecified atom stereocenters. The first-order chi connectivity index (χ1) is 12.5. The molecule has 3 rings (SSSR count). The van der Waals surface area contributed by atoms with Crippen molar-refractivity contribution in [1.29, 1.82) is 0 Å². The van der Waals surface area contributed by atoms with Gasteiger partial charge in [0.1, 0.15) is 0 Å². The molecule has 134 valence electrons. The highest BCUT2D eigenvalue weighted by Crippen LogP contribution is 2.24. The zero-order valence-corrected chi connectivity index (χ0v) is 14.9. The summed E-state index contributed by atoms with van der Waals surface area (Å²) >= 11 is 6.07. The molecule has 0 saturated carbocycles. The Morgan fingerprint density at radius 1 is 1.31 bits per heavy atom. The monoisotopic (exact) mass is 373 g/mol. The van der Waals surface area contributed by atoms with E-state index in [9.17, 15) is 9.59 Å². The Hall–Kier alpha value is -3.06. The van der Waals surface area contributed by atoms with Gasteiger partial charge in [0.15, 0.2) is 18.0 Å². The Labute approximate surface area is 154 Å². The Kier molecular flexibility index (Phi) is 5.09. The number of amides is 1. The summed E-state index contributed by atoms with van der Waals surface area (Å²) in [5, 5.41) is 2.92. The molecule has 8 heteroatoms. The van der Waals surface area contributed by atoms with E-state index < -0.39 is 11.9 Å². The molecular formula is C18H16ClN3O4. The first kappa shape index (κ1) is 17.8. The lowest BCUT2D eigenvalue weighted by molar-refractivity contribution is -0.118. The second-order valence-corrected chi connectivity index (χ2v) is 5.92. The first-order valence-electron chi connectivity index (χ1n) is 7.73. The van der Waals surface area contributed by atoms with Crippen molar-refractivity contribution < 1.29 is 19.1 Å². The van der Waals surface area contributed by atoms with Crippen LogP contribution >= 0.6 is 11.6 Å². The molecule has 0 fully saturated rings. The van der Waals surface area contributed by atoms with Crippen molar-refractivity contribution >= 4 is 34.8 Å². The second-order valence-electron chi connectivity index (χ2n) is 5.51. The van der Waals surface area contributed by atoms with Crippen molar-refractivity contribution in [3.8, 4) is 5.75 Å². The maximum Gasteiger partial charge on any atom is 0.337 e. The number of anilines is 1. The third-order valence-electron chi connectivity index (χ3n) is 3.59. The number of pyridine rings is 1. The standard InChI is InChI=1S/C18H16ClN3O4/c1-11-9-22-7-3-4-15(17(22)20-11)26-10-16(23)21-14-8-12(18(24)25-2)5-6-13(14)19/h3-9H,10H2,1-2H3,(H,21,23). The molecule has 3 aromatic rings. The number of benzene rings is 1. The van der Waals surface area contributed by atoms with Gasteiger partial charge in [0.05, 0.1) is 29.1 Å². The molecule has 0 spiro atoms. The highest BCUT2D eigenvalue weighted by Gasteiger charge is 2.13. The van der Waals surface area contributed by atoms with Gasteiger partial charge in [-0.1, -0.05) is 11.6 Å². The number of esters is 1. The molecule has 2 heterocycles. The Morgan fingerprint density at radius 2 is 2.12 bits per heavy atom. The summed E-state index contributed by atoms with van der Waals surface area (Å²) in [6.45, 7) is 1.64. The van der Waals surface area contributed by atoms with Crippen LogP contribution in [0.25, 0.3) is 5.65 Å². The van der Waals surface area contributed by atoms with Crippen molar-refractivity contribution in [3.05, 3.63) is 59.0 Å². The Balaban J connectivity index is 1.70. The van der Waals surface area contributed by atoms with Crippen LogP contribution in [-0.2, 0) is 9.53 Å². The fraction of sp³-hybridized carbons (Fsp3) is 0.167. The average Bonchev–Trinajstić information content (AvgIpc) is 3.01. The van der Waals surface area contributed by atoms with E-state index in [4.69, 9.17) is 16.3 Å². The SMILES string of the molecule is COC(=O)c1ccc(Cl)c(NC(=O)COc2cccn3cc(C)nc23)c1. The molecule has 0 aliphatic heterocycles. The molecule has 0 aliphatic rings. The summed E-state index contributed by atoms with van der Waals surface area (Å²) in [5.41, 5.74) is 2.06. The van der Waals surface area contributed by atoms with E-state index in [-0.39, 0.29) is 12.2 Å². The number of halogens is 1. The van der Waals surface area contributed by atoms with Gasteiger partial charge in [0.2, 0.25) is 0 Å². The molecular weight excluding hydrogens is 358 g/mol. The maximum absolute atomic E-state index is 12.2. The molecule has 1 aromatic carbocycles. The highest BCUT2D eigenvalue weighted by molar-refractivity contribution is 6.33. The molecule has 0 bridgehead atoms. The van der Waals surface area contributed by atoms with E-state index in [1.807, 2.05) is 23.7 Å². The third-order valence-corrected chi connectivity index (χ3v) is 3.92. The molecule has 1 amide bonds. The van der Waals surface area contributed by atoms with Crippen LogP contribution in [0.3, 0.4) is 0 Å². The lowest BCUT2D eigenvalue weighted by Crippen LogP contribution is -2.20. The van der Waals surface area contributed by atoms with Crippen LogP contribution in [0.5, 0.6) is 5.75 Å². The normalized spacial score (nSPS) is 10.6. The van der Waals surface area contributed by atoms with Crippen molar-refractivity contribution in [2.24, 2.45) is 0 Å². The number of nitrogens with one attached hydrogen (secondary N) is 1. The number of ether oxygens (including phenoxy) is 2. The minimum atomic E-state index is -0.519. The van der Waals surface area contributed by atoms with Gasteiger partial charge in [0.25, 0.3) is 5.91 Å². The van der Waals surface area contributed by atoms with Crippen LogP contribution in [0.2, 0.25) is 5.02 Å². The number of methoxy groups -OCH3 is 1. The predicted octanol–water partition coefficient (Wildman–Crippen LogP) is 3.10. The van der Waals surface area contributed by atoms with Crippen LogP contribution in [0.1, 0.15) is 16.1 Å². The minimum Gasteiger partial charge on any atom is -0.480 e. The lowest BCUT2D eigenvalue weighted by atomic mass is 10.2. The molecule has 0 aliphatic carbocycles. The van der Waals surface area contributed by atoms with Crippen LogP contribution in [0.4, 0.5) is 5.69 Å². The Bertz CT molecular complexity index is 984. The van der Waals surface area contributed by atoms with E-state index in [2.05, 4.69) is 15.0 Å². The fourth-order valence-electron chi connectivity index (χ4n) is 2.42. The van der Waals surface area contributed by atoms with Crippen LogP contribution in [0.15, 0.2) is 42.7 Å². The summed E-state index contributed by atoms with van der Waals surface area (Å²) in [5.74, 6) is -0.445. The van der Waals surface area contributed by atoms with Gasteiger partial charge in [-0.05, 0) is 37.3 Å². The summed E-state index contributed by atoms with van der Waals surface area (Å²) < 4.78 is 12.0. The summed E-state index contributed by atoms with van der Waals surface area (Å²) in [6, 6.07) is 8.02. The van der Waals surface area contributed by atoms with E-state index in [1.54, 1.807) is 12.1 Å². The number of carbonyl (C=O) groups excluding carboxylic acids is 2. The number of hydrogen-bond acceptors (Lipinski definition) is 5. The van der Waals surface area contributed by atoms with Gasteiger partial charge >= 0.3 is 5.97 Å². The fourth-order valence-corrected chi connectivity index (χ4v) is 2.58. The zero-order chi connectivity index (χ0) is 18.7. The molecule has 26 heavy (non-hydrogen) atoms. The number of aryl methyl sites for hydroxylation is 1. The number of carbonyl (C=O) groups is 2. The quantitative estimate of drug-likeness (QED) is 0.695. The smallest absolute Gasteiger partial charge is 0.337 e. The largest absolute Gasteiger partial charge is 0.480 e. The minimum absolute atomic E-state index is 0.232. The van der Waals surface area contributed by atoms with Gasteiger partial charge in [-0.25, -0.2) is 9.78 Å². The number of nitrogens with zero attached hydrogens (tertiary/aromatic N) is 2. The van der Waals surface area contributed by atoms with Crippen LogP contribution in [-0.4, -0.2) is 35.0 Å². The topological polar surface area (TPSA) is 81.9 Å². The summed E-state index contributed by atoms with van der Waals surface area (Å²) in [4.78, 5) is 28.1. The number of imidazole rings is 1. The van der Waals surface area contributed by atoms with E-state index >= 15 is 0 Å². The second kappa shape index (κ2) is 7.45. The lowest BCUT2D eigenvalue weighted by Gasteiger charge is -2.10. The number of hydrogen-bond donors (Lipinski definition) is 1. The van der Waals surface area contributed by atoms with Crippen molar-refractivity contribution in [3.63, 3.8) is 0 Å². The average molecular weight is 374 g/mol. The predicted molar refractivity (Wildman–Crippen MR) is 96.8 cm³/mol.